The van der Waals surface area contributed by atoms with Gasteiger partial charge in [-0.2, -0.15) is 5.10 Å². The van der Waals surface area contributed by atoms with E-state index in [9.17, 15) is 9.18 Å². The lowest BCUT2D eigenvalue weighted by molar-refractivity contribution is -0.120. The van der Waals surface area contributed by atoms with Gasteiger partial charge in [0.15, 0.2) is 5.82 Å². The third-order valence-corrected chi connectivity index (χ3v) is 5.03. The number of amides is 1. The normalized spacial score (nSPS) is 10.8. The number of carbonyl (C=O) groups is 1. The van der Waals surface area contributed by atoms with Crippen molar-refractivity contribution in [3.8, 4) is 5.82 Å². The topological polar surface area (TPSA) is 84.7 Å². The Hall–Kier alpha value is -3.00. The predicted molar refractivity (Wildman–Crippen MR) is 110 cm³/mol. The Morgan fingerprint density at radius 2 is 1.93 bits per heavy atom. The Labute approximate surface area is 173 Å². The Kier molecular flexibility index (Phi) is 6.43. The van der Waals surface area contributed by atoms with Crippen molar-refractivity contribution >= 4 is 23.3 Å². The van der Waals surface area contributed by atoms with Crippen molar-refractivity contribution in [2.45, 2.75) is 27.2 Å². The molecule has 2 aromatic heterocycles. The fourth-order valence-corrected chi connectivity index (χ4v) is 3.02. The van der Waals surface area contributed by atoms with E-state index in [0.717, 1.165) is 17.0 Å². The zero-order valence-electron chi connectivity index (χ0n) is 16.5. The lowest BCUT2D eigenvalue weighted by atomic mass is 10.1. The van der Waals surface area contributed by atoms with Gasteiger partial charge in [-0.25, -0.2) is 9.07 Å². The molecule has 0 spiro atoms. The Morgan fingerprint density at radius 1 is 1.14 bits per heavy atom. The lowest BCUT2D eigenvalue weighted by Crippen LogP contribution is -2.30. The van der Waals surface area contributed by atoms with Gasteiger partial charge in [-0.15, -0.1) is 10.2 Å². The molecule has 0 saturated heterocycles. The van der Waals surface area contributed by atoms with Crippen molar-refractivity contribution in [2.24, 2.45) is 0 Å². The van der Waals surface area contributed by atoms with E-state index in [1.807, 2.05) is 26.8 Å². The first-order valence-corrected chi connectivity index (χ1v) is 9.55. The minimum Gasteiger partial charge on any atom is -0.367 e. The van der Waals surface area contributed by atoms with Crippen LogP contribution < -0.4 is 10.6 Å². The van der Waals surface area contributed by atoms with Crippen molar-refractivity contribution in [1.29, 1.82) is 0 Å². The maximum absolute atomic E-state index is 13.7. The van der Waals surface area contributed by atoms with Gasteiger partial charge in [0.25, 0.3) is 0 Å². The smallest absolute Gasteiger partial charge is 0.224 e. The average molecular weight is 417 g/mol. The molecule has 0 bridgehead atoms. The zero-order valence-corrected chi connectivity index (χ0v) is 17.2. The van der Waals surface area contributed by atoms with E-state index >= 15 is 0 Å². The summed E-state index contributed by atoms with van der Waals surface area (Å²) in [4.78, 5) is 12.0. The quantitative estimate of drug-likeness (QED) is 0.578. The summed E-state index contributed by atoms with van der Waals surface area (Å²) in [6, 6.07) is 7.98. The first-order valence-electron chi connectivity index (χ1n) is 9.17. The first-order chi connectivity index (χ1) is 13.9. The molecule has 3 aromatic rings. The molecule has 1 amide bonds. The molecule has 1 aromatic carbocycles. The number of benzene rings is 1. The van der Waals surface area contributed by atoms with Crippen molar-refractivity contribution in [3.63, 3.8) is 0 Å². The van der Waals surface area contributed by atoms with Crippen LogP contribution in [0.2, 0.25) is 5.02 Å². The molecule has 2 heterocycles. The average Bonchev–Trinajstić information content (AvgIpc) is 2.96. The fourth-order valence-electron chi connectivity index (χ4n) is 2.79. The number of nitrogens with zero attached hydrogens (tertiary/aromatic N) is 4. The van der Waals surface area contributed by atoms with Crippen LogP contribution in [-0.4, -0.2) is 39.0 Å². The predicted octanol–water partition coefficient (Wildman–Crippen LogP) is 3.15. The zero-order chi connectivity index (χ0) is 21.0. The van der Waals surface area contributed by atoms with Crippen molar-refractivity contribution in [1.82, 2.24) is 25.3 Å². The van der Waals surface area contributed by atoms with E-state index in [4.69, 9.17) is 11.6 Å². The number of halogens is 2. The number of carbonyl (C=O) groups excluding carboxylic acids is 1. The lowest BCUT2D eigenvalue weighted by Gasteiger charge is -2.09. The van der Waals surface area contributed by atoms with Crippen LogP contribution in [0.1, 0.15) is 22.5 Å². The van der Waals surface area contributed by atoms with Gasteiger partial charge in [0.05, 0.1) is 12.1 Å². The minimum atomic E-state index is -0.487. The highest BCUT2D eigenvalue weighted by Gasteiger charge is 2.12. The molecule has 0 aliphatic heterocycles. The second-order valence-electron chi connectivity index (χ2n) is 6.64. The largest absolute Gasteiger partial charge is 0.367 e. The van der Waals surface area contributed by atoms with E-state index < -0.39 is 5.82 Å². The molecule has 0 saturated carbocycles. The molecule has 29 heavy (non-hydrogen) atoms. The van der Waals surface area contributed by atoms with Gasteiger partial charge in [-0.3, -0.25) is 4.79 Å². The van der Waals surface area contributed by atoms with Crippen LogP contribution in [0.4, 0.5) is 10.2 Å². The van der Waals surface area contributed by atoms with Crippen LogP contribution in [0.3, 0.4) is 0 Å². The SMILES string of the molecule is Cc1nn(-c2ccc(NCCNC(=O)Cc3c(F)cccc3Cl)nn2)c(C)c1C. The summed E-state index contributed by atoms with van der Waals surface area (Å²) in [5.74, 6) is 0.428. The Bertz CT molecular complexity index is 998. The van der Waals surface area contributed by atoms with Crippen molar-refractivity contribution < 1.29 is 9.18 Å². The summed E-state index contributed by atoms with van der Waals surface area (Å²) >= 11 is 5.94. The molecule has 0 aliphatic carbocycles. The van der Waals surface area contributed by atoms with Crippen molar-refractivity contribution in [3.05, 3.63) is 63.7 Å². The molecule has 152 valence electrons. The molecule has 0 atom stereocenters. The van der Waals surface area contributed by atoms with Crippen LogP contribution in [0.5, 0.6) is 0 Å². The molecule has 0 radical (unpaired) electrons. The van der Waals surface area contributed by atoms with Gasteiger partial charge < -0.3 is 10.6 Å². The maximum atomic E-state index is 13.7. The number of nitrogens with one attached hydrogen (secondary N) is 2. The summed E-state index contributed by atoms with van der Waals surface area (Å²) in [5, 5.41) is 18.8. The molecule has 7 nitrogen and oxygen atoms in total. The summed E-state index contributed by atoms with van der Waals surface area (Å²) in [5.41, 5.74) is 3.30. The number of hydrogen-bond acceptors (Lipinski definition) is 5. The van der Waals surface area contributed by atoms with E-state index in [2.05, 4.69) is 25.9 Å². The molecule has 2 N–H and O–H groups in total. The third kappa shape index (κ3) is 4.89. The monoisotopic (exact) mass is 416 g/mol. The van der Waals surface area contributed by atoms with Crippen molar-refractivity contribution in [2.75, 3.05) is 18.4 Å². The Balaban J connectivity index is 1.48. The number of hydrogen-bond donors (Lipinski definition) is 2. The summed E-state index contributed by atoms with van der Waals surface area (Å²) < 4.78 is 15.5. The third-order valence-electron chi connectivity index (χ3n) is 4.67. The fraction of sp³-hybridized carbons (Fsp3) is 0.300. The first kappa shape index (κ1) is 20.7. The summed E-state index contributed by atoms with van der Waals surface area (Å²) in [6.45, 7) is 6.76. The number of aromatic nitrogens is 4. The molecule has 0 fully saturated rings. The standard InChI is InChI=1S/C20H22ClFN6O/c1-12-13(2)27-28(14(12)3)19-8-7-18(25-26-19)23-9-10-24-20(29)11-15-16(21)5-4-6-17(15)22/h4-8H,9-11H2,1-3H3,(H,23,25)(H,24,29). The molecule has 0 unspecified atom stereocenters. The summed E-state index contributed by atoms with van der Waals surface area (Å²) in [7, 11) is 0. The second kappa shape index (κ2) is 9.00. The van der Waals surface area contributed by atoms with Crippen LogP contribution in [0.15, 0.2) is 30.3 Å². The second-order valence-corrected chi connectivity index (χ2v) is 7.05. The Morgan fingerprint density at radius 3 is 2.55 bits per heavy atom. The van der Waals surface area contributed by atoms with E-state index in [1.54, 1.807) is 16.8 Å². The van der Waals surface area contributed by atoms with Crippen LogP contribution in [0.25, 0.3) is 5.82 Å². The van der Waals surface area contributed by atoms with Gasteiger partial charge >= 0.3 is 0 Å². The van der Waals surface area contributed by atoms with Gasteiger partial charge in [0.2, 0.25) is 5.91 Å². The highest BCUT2D eigenvalue weighted by atomic mass is 35.5. The van der Waals surface area contributed by atoms with Gasteiger partial charge in [-0.1, -0.05) is 17.7 Å². The van der Waals surface area contributed by atoms with E-state index in [0.29, 0.717) is 24.7 Å². The molecule has 9 heteroatoms. The molecule has 0 aliphatic rings. The van der Waals surface area contributed by atoms with Crippen LogP contribution in [-0.2, 0) is 11.2 Å². The highest BCUT2D eigenvalue weighted by molar-refractivity contribution is 6.31. The van der Waals surface area contributed by atoms with Gasteiger partial charge in [-0.05, 0) is 50.6 Å². The van der Waals surface area contributed by atoms with E-state index in [-0.39, 0.29) is 22.9 Å². The summed E-state index contributed by atoms with van der Waals surface area (Å²) in [6.07, 6.45) is -0.109. The van der Waals surface area contributed by atoms with Gasteiger partial charge in [0.1, 0.15) is 11.6 Å². The number of anilines is 1. The molecular weight excluding hydrogens is 395 g/mol. The van der Waals surface area contributed by atoms with E-state index in [1.165, 1.54) is 12.1 Å². The number of rotatable bonds is 7. The van der Waals surface area contributed by atoms with Gasteiger partial charge in [0, 0.05) is 29.4 Å². The molecular formula is C20H22ClFN6O. The maximum Gasteiger partial charge on any atom is 0.224 e. The van der Waals surface area contributed by atoms with Crippen LogP contribution >= 0.6 is 11.6 Å². The van der Waals surface area contributed by atoms with Crippen LogP contribution in [0, 0.1) is 26.6 Å². The number of aryl methyl sites for hydroxylation is 1. The minimum absolute atomic E-state index is 0.109. The molecule has 3 rings (SSSR count). The highest BCUT2D eigenvalue weighted by Crippen LogP contribution is 2.19.